The van der Waals surface area contributed by atoms with Crippen LogP contribution in [0.5, 0.6) is 0 Å². The minimum Gasteiger partial charge on any atom is -0.465 e. The number of carbonyl (C=O) groups excluding carboxylic acids is 3. The molecule has 0 atom stereocenters. The van der Waals surface area contributed by atoms with E-state index in [2.05, 4.69) is 9.97 Å². The number of nitrogens with zero attached hydrogens (tertiary/aromatic N) is 2. The third-order valence-electron chi connectivity index (χ3n) is 4.81. The summed E-state index contributed by atoms with van der Waals surface area (Å²) in [5.74, 6) is -1.02. The lowest BCUT2D eigenvalue weighted by molar-refractivity contribution is 0.0596. The number of rotatable bonds is 4. The van der Waals surface area contributed by atoms with Gasteiger partial charge >= 0.3 is 5.97 Å². The highest BCUT2D eigenvalue weighted by Crippen LogP contribution is 2.30. The SMILES string of the molecule is COC(=O)c1c(C)[nH]c(-c2csc(CN3C(=O)c4ccccc4C3=O)n2)c1C. The van der Waals surface area contributed by atoms with Crippen molar-refractivity contribution in [3.8, 4) is 11.4 Å². The first kappa shape index (κ1) is 18.1. The number of methoxy groups -OCH3 is 1. The summed E-state index contributed by atoms with van der Waals surface area (Å²) in [5, 5.41) is 2.48. The van der Waals surface area contributed by atoms with Crippen LogP contribution in [-0.4, -0.2) is 39.8 Å². The van der Waals surface area contributed by atoms with E-state index in [0.717, 1.165) is 11.3 Å². The smallest absolute Gasteiger partial charge is 0.339 e. The maximum absolute atomic E-state index is 12.5. The Labute approximate surface area is 165 Å². The topological polar surface area (TPSA) is 92.4 Å². The molecule has 28 heavy (non-hydrogen) atoms. The number of H-pyrrole nitrogens is 1. The van der Waals surface area contributed by atoms with Crippen molar-refractivity contribution in [3.05, 3.63) is 62.6 Å². The van der Waals surface area contributed by atoms with Gasteiger partial charge in [-0.3, -0.25) is 14.5 Å². The maximum atomic E-state index is 12.5. The molecule has 1 N–H and O–H groups in total. The highest BCUT2D eigenvalue weighted by atomic mass is 32.1. The molecule has 3 aromatic rings. The number of ether oxygens (including phenoxy) is 1. The number of benzene rings is 1. The van der Waals surface area contributed by atoms with Crippen LogP contribution in [0.1, 0.15) is 47.3 Å². The lowest BCUT2D eigenvalue weighted by atomic mass is 10.1. The molecule has 8 heteroatoms. The van der Waals surface area contributed by atoms with E-state index in [4.69, 9.17) is 4.74 Å². The molecule has 0 saturated heterocycles. The summed E-state index contributed by atoms with van der Waals surface area (Å²) < 4.78 is 4.84. The zero-order chi connectivity index (χ0) is 20.0. The largest absolute Gasteiger partial charge is 0.465 e. The van der Waals surface area contributed by atoms with Crippen LogP contribution in [0, 0.1) is 13.8 Å². The molecule has 0 fully saturated rings. The van der Waals surface area contributed by atoms with Gasteiger partial charge in [0.05, 0.1) is 41.7 Å². The Kier molecular flexibility index (Phi) is 4.35. The lowest BCUT2D eigenvalue weighted by Crippen LogP contribution is -2.29. The fraction of sp³-hybridized carbons (Fsp3) is 0.200. The van der Waals surface area contributed by atoms with Gasteiger partial charge in [-0.05, 0) is 31.5 Å². The fourth-order valence-electron chi connectivity index (χ4n) is 3.43. The first-order chi connectivity index (χ1) is 13.4. The van der Waals surface area contributed by atoms with E-state index in [0.29, 0.717) is 33.1 Å². The predicted octanol–water partition coefficient (Wildman–Crippen LogP) is 3.34. The Hall–Kier alpha value is -3.26. The van der Waals surface area contributed by atoms with Crippen molar-refractivity contribution in [1.82, 2.24) is 14.9 Å². The monoisotopic (exact) mass is 395 g/mol. The normalized spacial score (nSPS) is 13.2. The molecule has 1 aliphatic rings. The van der Waals surface area contributed by atoms with E-state index >= 15 is 0 Å². The number of esters is 1. The van der Waals surface area contributed by atoms with Crippen LogP contribution < -0.4 is 0 Å². The average Bonchev–Trinajstić information content (AvgIpc) is 3.34. The van der Waals surface area contributed by atoms with E-state index in [1.807, 2.05) is 12.3 Å². The Bertz CT molecular complexity index is 1090. The molecule has 0 bridgehead atoms. The summed E-state index contributed by atoms with van der Waals surface area (Å²) in [6.45, 7) is 3.74. The summed E-state index contributed by atoms with van der Waals surface area (Å²) in [6, 6.07) is 6.79. The standard InChI is InChI=1S/C20H17N3O4S/c1-10-16(20(26)27-3)11(2)21-17(10)14-9-28-15(22-14)8-23-18(24)12-6-4-5-7-13(12)19(23)25/h4-7,9,21H,8H2,1-3H3. The zero-order valence-corrected chi connectivity index (χ0v) is 16.3. The van der Waals surface area contributed by atoms with Gasteiger partial charge in [0.15, 0.2) is 0 Å². The molecule has 0 unspecified atom stereocenters. The number of imide groups is 1. The second-order valence-corrected chi connectivity index (χ2v) is 7.43. The van der Waals surface area contributed by atoms with E-state index in [-0.39, 0.29) is 18.4 Å². The number of fused-ring (bicyclic) bond motifs is 1. The number of hydrogen-bond acceptors (Lipinski definition) is 6. The van der Waals surface area contributed by atoms with Gasteiger partial charge in [0, 0.05) is 11.1 Å². The molecule has 4 rings (SSSR count). The Morgan fingerprint density at radius 1 is 1.18 bits per heavy atom. The van der Waals surface area contributed by atoms with Gasteiger partial charge in [0.1, 0.15) is 5.01 Å². The number of nitrogens with one attached hydrogen (secondary N) is 1. The molecule has 0 saturated carbocycles. The van der Waals surface area contributed by atoms with Crippen molar-refractivity contribution in [2.75, 3.05) is 7.11 Å². The molecule has 0 radical (unpaired) electrons. The van der Waals surface area contributed by atoms with Crippen LogP contribution in [0.15, 0.2) is 29.6 Å². The molecule has 2 amide bonds. The summed E-state index contributed by atoms with van der Waals surface area (Å²) in [6.07, 6.45) is 0. The van der Waals surface area contributed by atoms with Crippen molar-refractivity contribution in [3.63, 3.8) is 0 Å². The predicted molar refractivity (Wildman–Crippen MR) is 103 cm³/mol. The Morgan fingerprint density at radius 2 is 1.82 bits per heavy atom. The number of hydrogen-bond donors (Lipinski definition) is 1. The van der Waals surface area contributed by atoms with E-state index in [1.165, 1.54) is 23.3 Å². The van der Waals surface area contributed by atoms with Gasteiger partial charge in [-0.25, -0.2) is 9.78 Å². The summed E-state index contributed by atoms with van der Waals surface area (Å²) >= 11 is 1.36. The van der Waals surface area contributed by atoms with Crippen LogP contribution in [0.2, 0.25) is 0 Å². The van der Waals surface area contributed by atoms with Crippen LogP contribution >= 0.6 is 11.3 Å². The highest BCUT2D eigenvalue weighted by molar-refractivity contribution is 7.09. The van der Waals surface area contributed by atoms with Crippen molar-refractivity contribution < 1.29 is 19.1 Å². The Balaban J connectivity index is 1.61. The van der Waals surface area contributed by atoms with Gasteiger partial charge in [-0.15, -0.1) is 11.3 Å². The zero-order valence-electron chi connectivity index (χ0n) is 15.5. The molecule has 0 spiro atoms. The number of amides is 2. The van der Waals surface area contributed by atoms with Crippen molar-refractivity contribution in [1.29, 1.82) is 0 Å². The lowest BCUT2D eigenvalue weighted by Gasteiger charge is -2.11. The van der Waals surface area contributed by atoms with Gasteiger partial charge in [-0.2, -0.15) is 0 Å². The molecule has 1 aliphatic heterocycles. The van der Waals surface area contributed by atoms with Gasteiger partial charge in [-0.1, -0.05) is 12.1 Å². The van der Waals surface area contributed by atoms with E-state index in [9.17, 15) is 14.4 Å². The molecule has 3 heterocycles. The molecule has 1 aromatic carbocycles. The second kappa shape index (κ2) is 6.72. The summed E-state index contributed by atoms with van der Waals surface area (Å²) in [7, 11) is 1.34. The summed E-state index contributed by atoms with van der Waals surface area (Å²) in [4.78, 5) is 46.0. The molecule has 2 aromatic heterocycles. The minimum atomic E-state index is -0.404. The van der Waals surface area contributed by atoms with E-state index < -0.39 is 5.97 Å². The first-order valence-corrected chi connectivity index (χ1v) is 9.47. The number of aryl methyl sites for hydroxylation is 1. The average molecular weight is 395 g/mol. The van der Waals surface area contributed by atoms with Crippen molar-refractivity contribution in [2.45, 2.75) is 20.4 Å². The number of carbonyl (C=O) groups is 3. The van der Waals surface area contributed by atoms with Gasteiger partial charge in [0.2, 0.25) is 0 Å². The molecule has 0 aliphatic carbocycles. The molecular weight excluding hydrogens is 378 g/mol. The van der Waals surface area contributed by atoms with Gasteiger partial charge < -0.3 is 9.72 Å². The second-order valence-electron chi connectivity index (χ2n) is 6.49. The molecule has 142 valence electrons. The van der Waals surface area contributed by atoms with Crippen LogP contribution in [0.4, 0.5) is 0 Å². The minimum absolute atomic E-state index is 0.111. The summed E-state index contributed by atoms with van der Waals surface area (Å²) in [5.41, 5.74) is 4.17. The highest BCUT2D eigenvalue weighted by Gasteiger charge is 2.35. The number of thiazole rings is 1. The number of aromatic nitrogens is 2. The van der Waals surface area contributed by atoms with Crippen LogP contribution in [0.3, 0.4) is 0 Å². The molecule has 7 nitrogen and oxygen atoms in total. The number of aromatic amines is 1. The third-order valence-corrected chi connectivity index (χ3v) is 5.64. The van der Waals surface area contributed by atoms with Crippen LogP contribution in [0.25, 0.3) is 11.4 Å². The fourth-order valence-corrected chi connectivity index (χ4v) is 4.20. The first-order valence-electron chi connectivity index (χ1n) is 8.59. The molecular formula is C20H17N3O4S. The maximum Gasteiger partial charge on any atom is 0.339 e. The van der Waals surface area contributed by atoms with E-state index in [1.54, 1.807) is 31.2 Å². The quantitative estimate of drug-likeness (QED) is 0.540. The Morgan fingerprint density at radius 3 is 2.43 bits per heavy atom. The van der Waals surface area contributed by atoms with Crippen molar-refractivity contribution >= 4 is 29.1 Å². The van der Waals surface area contributed by atoms with Gasteiger partial charge in [0.25, 0.3) is 11.8 Å². The third kappa shape index (κ3) is 2.73. The van der Waals surface area contributed by atoms with Crippen molar-refractivity contribution in [2.24, 2.45) is 0 Å². The van der Waals surface area contributed by atoms with Crippen LogP contribution in [-0.2, 0) is 11.3 Å².